The highest BCUT2D eigenvalue weighted by Gasteiger charge is 2.50. The molecule has 8 nitrogen and oxygen atoms in total. The van der Waals surface area contributed by atoms with Gasteiger partial charge in [0.05, 0.1) is 18.7 Å². The highest BCUT2D eigenvalue weighted by atomic mass is 16.8. The molecule has 0 aliphatic carbocycles. The maximum Gasteiger partial charge on any atom is 0.412 e. The largest absolute Gasteiger partial charge is 0.444 e. The summed E-state index contributed by atoms with van der Waals surface area (Å²) in [7, 11) is 0. The van der Waals surface area contributed by atoms with Crippen LogP contribution >= 0.6 is 0 Å². The molecule has 0 unspecified atom stereocenters. The third kappa shape index (κ3) is 4.33. The lowest BCUT2D eigenvalue weighted by molar-refractivity contribution is -0.175. The van der Waals surface area contributed by atoms with E-state index < -0.39 is 29.7 Å². The van der Waals surface area contributed by atoms with Crippen molar-refractivity contribution in [3.05, 3.63) is 0 Å². The van der Waals surface area contributed by atoms with Crippen LogP contribution in [-0.2, 0) is 23.8 Å². The zero-order chi connectivity index (χ0) is 17.4. The molecule has 0 radical (unpaired) electrons. The van der Waals surface area contributed by atoms with Crippen molar-refractivity contribution in [2.75, 3.05) is 6.61 Å². The van der Waals surface area contributed by atoms with Crippen molar-refractivity contribution in [2.24, 2.45) is 0 Å². The van der Waals surface area contributed by atoms with Crippen LogP contribution in [0.1, 0.15) is 48.0 Å². The normalized spacial score (nSPS) is 30.3. The molecule has 8 heteroatoms. The van der Waals surface area contributed by atoms with Crippen LogP contribution in [0.5, 0.6) is 0 Å². The molecule has 2 rings (SSSR count). The number of carbonyl (C=O) groups excluding carboxylic acids is 2. The second-order valence-electron chi connectivity index (χ2n) is 7.29. The van der Waals surface area contributed by atoms with Crippen molar-refractivity contribution in [2.45, 2.75) is 77.7 Å². The fourth-order valence-electron chi connectivity index (χ4n) is 2.75. The average Bonchev–Trinajstić information content (AvgIpc) is 2.89. The van der Waals surface area contributed by atoms with Gasteiger partial charge in [-0.3, -0.25) is 14.5 Å². The SMILES string of the molecule is CC(=O)O[C@@H]1C[C@H]([C@H]2COC(C)(C)N2C(=O)OC(C)(C)C)NO1. The van der Waals surface area contributed by atoms with Gasteiger partial charge >= 0.3 is 12.1 Å². The smallest absolute Gasteiger partial charge is 0.412 e. The fraction of sp³-hybridized carbons (Fsp3) is 0.867. The summed E-state index contributed by atoms with van der Waals surface area (Å²) in [5.41, 5.74) is 1.45. The van der Waals surface area contributed by atoms with Gasteiger partial charge in [0.25, 0.3) is 0 Å². The van der Waals surface area contributed by atoms with Gasteiger partial charge in [0.1, 0.15) is 11.3 Å². The number of ether oxygens (including phenoxy) is 3. The molecule has 3 atom stereocenters. The molecule has 1 N–H and O–H groups in total. The van der Waals surface area contributed by atoms with Gasteiger partial charge in [0.2, 0.25) is 6.29 Å². The molecular formula is C15H26N2O6. The fourth-order valence-corrected chi connectivity index (χ4v) is 2.75. The van der Waals surface area contributed by atoms with Crippen molar-refractivity contribution >= 4 is 12.1 Å². The van der Waals surface area contributed by atoms with Gasteiger partial charge in [0.15, 0.2) is 0 Å². The molecule has 1 amide bonds. The molecule has 132 valence electrons. The number of hydrogen-bond acceptors (Lipinski definition) is 7. The Bertz CT molecular complexity index is 473. The molecule has 2 aliphatic rings. The van der Waals surface area contributed by atoms with E-state index in [1.165, 1.54) is 6.92 Å². The van der Waals surface area contributed by atoms with Crippen molar-refractivity contribution in [3.63, 3.8) is 0 Å². The second kappa shape index (κ2) is 6.26. The van der Waals surface area contributed by atoms with Crippen molar-refractivity contribution in [1.29, 1.82) is 0 Å². The Morgan fingerprint density at radius 2 is 1.96 bits per heavy atom. The summed E-state index contributed by atoms with van der Waals surface area (Å²) in [6, 6.07) is -0.492. The first-order chi connectivity index (χ1) is 10.5. The van der Waals surface area contributed by atoms with Gasteiger partial charge in [-0.15, -0.1) is 0 Å². The molecule has 2 fully saturated rings. The Labute approximate surface area is 136 Å². The number of amides is 1. The van der Waals surface area contributed by atoms with Gasteiger partial charge in [-0.2, -0.15) is 5.48 Å². The number of rotatable bonds is 2. The summed E-state index contributed by atoms with van der Waals surface area (Å²) >= 11 is 0. The van der Waals surface area contributed by atoms with E-state index in [0.29, 0.717) is 13.0 Å². The molecule has 0 bridgehead atoms. The third-order valence-electron chi connectivity index (χ3n) is 3.67. The monoisotopic (exact) mass is 330 g/mol. The standard InChI is InChI=1S/C15H26N2O6/c1-9(18)21-12-7-10(16-23-12)11-8-20-15(5,6)17(11)13(19)22-14(2,3)4/h10-12,16H,7-8H2,1-6H3/t10-,11-,12+/m1/s1. The molecule has 2 heterocycles. The molecule has 2 saturated heterocycles. The number of esters is 1. The average molecular weight is 330 g/mol. The van der Waals surface area contributed by atoms with Crippen LogP contribution in [0.25, 0.3) is 0 Å². The summed E-state index contributed by atoms with van der Waals surface area (Å²) in [4.78, 5) is 30.4. The molecule has 2 aliphatic heterocycles. The lowest BCUT2D eigenvalue weighted by atomic mass is 10.1. The second-order valence-corrected chi connectivity index (χ2v) is 7.29. The number of nitrogens with zero attached hydrogens (tertiary/aromatic N) is 1. The first kappa shape index (κ1) is 18.0. The van der Waals surface area contributed by atoms with Gasteiger partial charge in [-0.05, 0) is 34.6 Å². The zero-order valence-corrected chi connectivity index (χ0v) is 14.5. The highest BCUT2D eigenvalue weighted by molar-refractivity contribution is 5.70. The van der Waals surface area contributed by atoms with Crippen molar-refractivity contribution in [1.82, 2.24) is 10.4 Å². The molecule has 0 aromatic rings. The minimum Gasteiger partial charge on any atom is -0.444 e. The highest BCUT2D eigenvalue weighted by Crippen LogP contribution is 2.33. The molecule has 0 saturated carbocycles. The summed E-state index contributed by atoms with van der Waals surface area (Å²) in [6.45, 7) is 10.8. The predicted octanol–water partition coefficient (Wildman–Crippen LogP) is 1.54. The maximum absolute atomic E-state index is 12.6. The molecule has 0 spiro atoms. The van der Waals surface area contributed by atoms with E-state index in [2.05, 4.69) is 5.48 Å². The van der Waals surface area contributed by atoms with E-state index in [4.69, 9.17) is 19.0 Å². The Hall–Kier alpha value is -1.38. The van der Waals surface area contributed by atoms with Gasteiger partial charge in [-0.25, -0.2) is 4.79 Å². The zero-order valence-electron chi connectivity index (χ0n) is 14.5. The Balaban J connectivity index is 2.08. The van der Waals surface area contributed by atoms with Crippen LogP contribution in [0.3, 0.4) is 0 Å². The summed E-state index contributed by atoms with van der Waals surface area (Å²) < 4.78 is 16.3. The van der Waals surface area contributed by atoms with E-state index in [-0.39, 0.29) is 12.1 Å². The quantitative estimate of drug-likeness (QED) is 0.769. The maximum atomic E-state index is 12.6. The van der Waals surface area contributed by atoms with Crippen molar-refractivity contribution < 1.29 is 28.6 Å². The first-order valence-corrected chi connectivity index (χ1v) is 7.74. The van der Waals surface area contributed by atoms with E-state index in [1.807, 2.05) is 34.6 Å². The van der Waals surface area contributed by atoms with E-state index in [0.717, 1.165) is 0 Å². The van der Waals surface area contributed by atoms with E-state index in [9.17, 15) is 9.59 Å². The van der Waals surface area contributed by atoms with Crippen LogP contribution in [-0.4, -0.2) is 53.3 Å². The summed E-state index contributed by atoms with van der Waals surface area (Å²) in [6.07, 6.45) is -0.673. The number of hydroxylamine groups is 1. The van der Waals surface area contributed by atoms with Crippen molar-refractivity contribution in [3.8, 4) is 0 Å². The van der Waals surface area contributed by atoms with Gasteiger partial charge in [-0.1, -0.05) is 0 Å². The Morgan fingerprint density at radius 3 is 2.52 bits per heavy atom. The van der Waals surface area contributed by atoms with E-state index in [1.54, 1.807) is 4.90 Å². The van der Waals surface area contributed by atoms with Crippen LogP contribution in [0.2, 0.25) is 0 Å². The molecule has 23 heavy (non-hydrogen) atoms. The van der Waals surface area contributed by atoms with Crippen LogP contribution in [0.15, 0.2) is 0 Å². The minimum absolute atomic E-state index is 0.214. The lowest BCUT2D eigenvalue weighted by Gasteiger charge is -2.36. The van der Waals surface area contributed by atoms with Gasteiger partial charge in [0, 0.05) is 13.3 Å². The third-order valence-corrected chi connectivity index (χ3v) is 3.67. The number of hydrogen-bond donors (Lipinski definition) is 1. The van der Waals surface area contributed by atoms with Crippen LogP contribution < -0.4 is 5.48 Å². The number of carbonyl (C=O) groups is 2. The van der Waals surface area contributed by atoms with E-state index >= 15 is 0 Å². The Kier molecular flexibility index (Phi) is 4.89. The predicted molar refractivity (Wildman–Crippen MR) is 80.1 cm³/mol. The molecule has 0 aromatic carbocycles. The lowest BCUT2D eigenvalue weighted by Crippen LogP contribution is -2.55. The topological polar surface area (TPSA) is 86.3 Å². The Morgan fingerprint density at radius 1 is 1.30 bits per heavy atom. The summed E-state index contributed by atoms with van der Waals surface area (Å²) in [5.74, 6) is -0.413. The van der Waals surface area contributed by atoms with Gasteiger partial charge < -0.3 is 14.2 Å². The number of nitrogens with one attached hydrogen (secondary N) is 1. The minimum atomic E-state index is -0.784. The summed E-state index contributed by atoms with van der Waals surface area (Å²) in [5, 5.41) is 0. The molecule has 0 aromatic heterocycles. The first-order valence-electron chi connectivity index (χ1n) is 7.74. The van der Waals surface area contributed by atoms with Crippen LogP contribution in [0.4, 0.5) is 4.79 Å². The molecular weight excluding hydrogens is 304 g/mol. The van der Waals surface area contributed by atoms with Crippen LogP contribution in [0, 0.1) is 0 Å².